The van der Waals surface area contributed by atoms with Gasteiger partial charge in [-0.25, -0.2) is 4.79 Å². The topological polar surface area (TPSA) is 109 Å². The Kier molecular flexibility index (Phi) is 7.34. The van der Waals surface area contributed by atoms with Crippen LogP contribution in [0.25, 0.3) is 11.3 Å². The molecule has 0 spiro atoms. The van der Waals surface area contributed by atoms with Crippen LogP contribution in [0, 0.1) is 22.7 Å². The summed E-state index contributed by atoms with van der Waals surface area (Å²) in [6.45, 7) is 6.13. The van der Waals surface area contributed by atoms with E-state index in [9.17, 15) is 19.6 Å². The highest BCUT2D eigenvalue weighted by Gasteiger charge is 2.32. The van der Waals surface area contributed by atoms with E-state index in [-0.39, 0.29) is 21.8 Å². The Morgan fingerprint density at radius 1 is 1.31 bits per heavy atom. The molecule has 0 saturated carbocycles. The lowest BCUT2D eigenvalue weighted by atomic mass is 9.72. The van der Waals surface area contributed by atoms with Crippen LogP contribution in [-0.2, 0) is 22.4 Å². The minimum atomic E-state index is -0.779. The van der Waals surface area contributed by atoms with E-state index < -0.39 is 18.5 Å². The summed E-state index contributed by atoms with van der Waals surface area (Å²) in [6.07, 6.45) is 3.27. The molecule has 0 bridgehead atoms. The fourth-order valence-electron chi connectivity index (χ4n) is 4.31. The summed E-state index contributed by atoms with van der Waals surface area (Å²) in [7, 11) is 0. The van der Waals surface area contributed by atoms with Crippen molar-refractivity contribution in [1.29, 1.82) is 5.26 Å². The van der Waals surface area contributed by atoms with Crippen LogP contribution in [0.2, 0.25) is 5.02 Å². The number of esters is 1. The van der Waals surface area contributed by atoms with Crippen LogP contribution in [0.1, 0.15) is 64.1 Å². The van der Waals surface area contributed by atoms with Crippen molar-refractivity contribution in [1.82, 2.24) is 0 Å². The molecule has 0 unspecified atom stereocenters. The van der Waals surface area contributed by atoms with E-state index in [4.69, 9.17) is 20.8 Å². The van der Waals surface area contributed by atoms with Crippen LogP contribution < -0.4 is 5.32 Å². The lowest BCUT2D eigenvalue weighted by Crippen LogP contribution is -2.26. The van der Waals surface area contributed by atoms with Crippen molar-refractivity contribution in [2.45, 2.75) is 40.0 Å². The van der Waals surface area contributed by atoms with Crippen LogP contribution in [0.4, 0.5) is 5.00 Å². The van der Waals surface area contributed by atoms with Crippen LogP contribution in [0.5, 0.6) is 0 Å². The number of fused-ring (bicyclic) bond motifs is 1. The van der Waals surface area contributed by atoms with Crippen molar-refractivity contribution < 1.29 is 23.5 Å². The molecule has 1 atom stereocenters. The van der Waals surface area contributed by atoms with Crippen molar-refractivity contribution in [3.63, 3.8) is 0 Å². The molecular weight excluding hydrogens is 500 g/mol. The monoisotopic (exact) mass is 524 g/mol. The lowest BCUT2D eigenvalue weighted by molar-refractivity contribution is -0.119. The van der Waals surface area contributed by atoms with Crippen LogP contribution in [0.15, 0.2) is 34.7 Å². The molecule has 1 aliphatic carbocycles. The number of ether oxygens (including phenoxy) is 1. The van der Waals surface area contributed by atoms with Gasteiger partial charge in [-0.15, -0.1) is 11.3 Å². The van der Waals surface area contributed by atoms with Gasteiger partial charge in [0.2, 0.25) is 0 Å². The highest BCUT2D eigenvalue weighted by molar-refractivity contribution is 7.16. The molecular formula is C27H25ClN2O5S. The van der Waals surface area contributed by atoms with Crippen molar-refractivity contribution >= 4 is 46.1 Å². The zero-order valence-electron chi connectivity index (χ0n) is 20.1. The smallest absolute Gasteiger partial charge is 0.340 e. The molecule has 1 N–H and O–H groups in total. The second-order valence-electron chi connectivity index (χ2n) is 9.76. The number of benzene rings is 1. The summed E-state index contributed by atoms with van der Waals surface area (Å²) in [6, 6.07) is 9.98. The highest BCUT2D eigenvalue weighted by Crippen LogP contribution is 2.44. The number of amides is 1. The SMILES string of the molecule is CC(C)(C)[C@H]1CCc2c(sc(NC(=O)COC(=O)c3cc(-c4ccc(C=O)o4)ccc3Cl)c2C#N)C1. The zero-order valence-corrected chi connectivity index (χ0v) is 21.7. The van der Waals surface area contributed by atoms with Gasteiger partial charge in [-0.3, -0.25) is 9.59 Å². The second-order valence-corrected chi connectivity index (χ2v) is 11.3. The summed E-state index contributed by atoms with van der Waals surface area (Å²) in [4.78, 5) is 37.2. The molecule has 1 aromatic carbocycles. The van der Waals surface area contributed by atoms with Gasteiger partial charge in [-0.2, -0.15) is 5.26 Å². The van der Waals surface area contributed by atoms with Gasteiger partial charge >= 0.3 is 5.97 Å². The third kappa shape index (κ3) is 5.38. The Morgan fingerprint density at radius 3 is 2.75 bits per heavy atom. The molecule has 2 aromatic heterocycles. The Morgan fingerprint density at radius 2 is 2.08 bits per heavy atom. The van der Waals surface area contributed by atoms with Gasteiger partial charge in [0.15, 0.2) is 18.7 Å². The first-order valence-electron chi connectivity index (χ1n) is 11.5. The molecule has 0 fully saturated rings. The zero-order chi connectivity index (χ0) is 26.0. The Labute approximate surface area is 218 Å². The molecule has 0 aliphatic heterocycles. The molecule has 1 amide bonds. The number of halogens is 1. The second kappa shape index (κ2) is 10.3. The molecule has 186 valence electrons. The van der Waals surface area contributed by atoms with Gasteiger partial charge in [0.25, 0.3) is 5.91 Å². The summed E-state index contributed by atoms with van der Waals surface area (Å²) in [5.41, 5.74) is 2.25. The molecule has 2 heterocycles. The Bertz CT molecular complexity index is 1380. The largest absolute Gasteiger partial charge is 0.453 e. The van der Waals surface area contributed by atoms with Gasteiger partial charge in [-0.05, 0) is 66.5 Å². The number of hydrogen-bond donors (Lipinski definition) is 1. The number of carbonyl (C=O) groups excluding carboxylic acids is 3. The summed E-state index contributed by atoms with van der Waals surface area (Å²) in [5.74, 6) is -0.272. The van der Waals surface area contributed by atoms with E-state index in [2.05, 4.69) is 32.2 Å². The van der Waals surface area contributed by atoms with E-state index in [1.54, 1.807) is 12.1 Å². The third-order valence-electron chi connectivity index (χ3n) is 6.40. The van der Waals surface area contributed by atoms with Gasteiger partial charge < -0.3 is 14.5 Å². The van der Waals surface area contributed by atoms with Crippen LogP contribution in [0.3, 0.4) is 0 Å². The number of nitriles is 1. The van der Waals surface area contributed by atoms with E-state index in [0.29, 0.717) is 34.1 Å². The minimum Gasteiger partial charge on any atom is -0.453 e. The number of hydrogen-bond acceptors (Lipinski definition) is 7. The first kappa shape index (κ1) is 25.7. The van der Waals surface area contributed by atoms with E-state index >= 15 is 0 Å². The predicted octanol–water partition coefficient (Wildman–Crippen LogP) is 6.29. The number of carbonyl (C=O) groups is 3. The first-order valence-corrected chi connectivity index (χ1v) is 12.7. The maximum atomic E-state index is 12.7. The van der Waals surface area contributed by atoms with Crippen molar-refractivity contribution in [3.8, 4) is 17.4 Å². The maximum absolute atomic E-state index is 12.7. The molecule has 0 radical (unpaired) electrons. The number of rotatable bonds is 6. The summed E-state index contributed by atoms with van der Waals surface area (Å²) >= 11 is 7.59. The fourth-order valence-corrected chi connectivity index (χ4v) is 5.80. The maximum Gasteiger partial charge on any atom is 0.340 e. The van der Waals surface area contributed by atoms with Crippen molar-refractivity contribution in [2.75, 3.05) is 11.9 Å². The average Bonchev–Trinajstić information content (AvgIpc) is 3.46. The van der Waals surface area contributed by atoms with E-state index in [1.165, 1.54) is 29.5 Å². The molecule has 4 rings (SSSR count). The van der Waals surface area contributed by atoms with Crippen molar-refractivity contribution in [3.05, 3.63) is 62.7 Å². The Hall–Kier alpha value is -3.41. The summed E-state index contributed by atoms with van der Waals surface area (Å²) < 4.78 is 10.6. The number of furan rings is 1. The Balaban J connectivity index is 1.43. The molecule has 3 aromatic rings. The molecule has 7 nitrogen and oxygen atoms in total. The normalized spacial score (nSPS) is 15.0. The minimum absolute atomic E-state index is 0.0588. The van der Waals surface area contributed by atoms with Crippen LogP contribution >= 0.6 is 22.9 Å². The quantitative estimate of drug-likeness (QED) is 0.299. The van der Waals surface area contributed by atoms with Gasteiger partial charge in [0.1, 0.15) is 16.8 Å². The molecule has 36 heavy (non-hydrogen) atoms. The molecule has 9 heteroatoms. The lowest BCUT2D eigenvalue weighted by Gasteiger charge is -2.33. The first-order chi connectivity index (χ1) is 17.1. The third-order valence-corrected chi connectivity index (χ3v) is 7.90. The molecule has 0 saturated heterocycles. The number of thiophene rings is 1. The molecule has 1 aliphatic rings. The number of nitrogens with one attached hydrogen (secondary N) is 1. The van der Waals surface area contributed by atoms with E-state index in [1.807, 2.05) is 0 Å². The summed E-state index contributed by atoms with van der Waals surface area (Å²) in [5, 5.41) is 13.1. The number of anilines is 1. The van der Waals surface area contributed by atoms with Gasteiger partial charge in [0.05, 0.1) is 16.1 Å². The van der Waals surface area contributed by atoms with Gasteiger partial charge in [0, 0.05) is 10.4 Å². The van der Waals surface area contributed by atoms with Gasteiger partial charge in [-0.1, -0.05) is 32.4 Å². The van der Waals surface area contributed by atoms with Crippen molar-refractivity contribution in [2.24, 2.45) is 11.3 Å². The standard InChI is InChI=1S/C27H25ClN2O5S/c1-27(2,3)16-5-7-18-20(12-29)25(36-23(18)11-16)30-24(32)14-34-26(33)19-10-15(4-8-21(19)28)22-9-6-17(13-31)35-22/h4,6,8-10,13,16H,5,7,11,14H2,1-3H3,(H,30,32)/t16-/m0/s1. The average molecular weight is 525 g/mol. The van der Waals surface area contributed by atoms with Crippen LogP contribution in [-0.4, -0.2) is 24.8 Å². The highest BCUT2D eigenvalue weighted by atomic mass is 35.5. The predicted molar refractivity (Wildman–Crippen MR) is 137 cm³/mol. The number of aldehydes is 1. The number of nitrogens with zero attached hydrogens (tertiary/aromatic N) is 1. The van der Waals surface area contributed by atoms with E-state index in [0.717, 1.165) is 29.7 Å². The fraction of sp³-hybridized carbons (Fsp3) is 0.333.